The minimum atomic E-state index is -0.117. The summed E-state index contributed by atoms with van der Waals surface area (Å²) < 4.78 is 7.08. The zero-order valence-electron chi connectivity index (χ0n) is 14.2. The second-order valence-corrected chi connectivity index (χ2v) is 8.97. The number of nitrogens with zero attached hydrogens (tertiary/aromatic N) is 1. The van der Waals surface area contributed by atoms with Gasteiger partial charge in [-0.3, -0.25) is 4.79 Å². The molecule has 0 aromatic rings. The molecule has 4 aliphatic rings. The van der Waals surface area contributed by atoms with Crippen LogP contribution in [0, 0.1) is 23.7 Å². The van der Waals surface area contributed by atoms with Gasteiger partial charge >= 0.3 is 5.97 Å². The van der Waals surface area contributed by atoms with Gasteiger partial charge in [-0.05, 0) is 62.2 Å². The monoisotopic (exact) mass is 294 g/mol. The molecule has 120 valence electrons. The largest absolute Gasteiger partial charge is 0.459 e. The summed E-state index contributed by atoms with van der Waals surface area (Å²) in [6, 6.07) is 0. The molecule has 0 aromatic heterocycles. The third-order valence-corrected chi connectivity index (χ3v) is 6.25. The second-order valence-electron chi connectivity index (χ2n) is 8.97. The molecule has 0 heterocycles. The summed E-state index contributed by atoms with van der Waals surface area (Å²) in [5, 5.41) is 0. The second kappa shape index (κ2) is 5.26. The van der Waals surface area contributed by atoms with E-state index >= 15 is 0 Å². The van der Waals surface area contributed by atoms with Crippen LogP contribution in [0.3, 0.4) is 0 Å². The number of carbonyl (C=O) groups is 1. The van der Waals surface area contributed by atoms with E-state index in [1.54, 1.807) is 6.92 Å². The zero-order chi connectivity index (χ0) is 15.3. The third-order valence-electron chi connectivity index (χ3n) is 6.25. The van der Waals surface area contributed by atoms with Crippen LogP contribution in [0.25, 0.3) is 0 Å². The fourth-order valence-corrected chi connectivity index (χ4v) is 5.71. The first-order chi connectivity index (χ1) is 9.78. The maximum atomic E-state index is 11.8. The lowest BCUT2D eigenvalue weighted by atomic mass is 9.49. The maximum Gasteiger partial charge on any atom is 0.303 e. The fraction of sp³-hybridized carbons (Fsp3) is 0.944. The number of hydrogen-bond donors (Lipinski definition) is 0. The first-order valence-electron chi connectivity index (χ1n) is 8.78. The Bertz CT molecular complexity index is 382. The van der Waals surface area contributed by atoms with Crippen LogP contribution in [0.1, 0.15) is 51.9 Å². The van der Waals surface area contributed by atoms with Crippen molar-refractivity contribution in [3.05, 3.63) is 0 Å². The number of esters is 1. The summed E-state index contributed by atoms with van der Waals surface area (Å²) >= 11 is 0. The van der Waals surface area contributed by atoms with Gasteiger partial charge in [0.15, 0.2) is 0 Å². The molecule has 3 heteroatoms. The van der Waals surface area contributed by atoms with E-state index in [-0.39, 0.29) is 11.6 Å². The molecule has 0 N–H and O–H groups in total. The van der Waals surface area contributed by atoms with E-state index in [0.717, 1.165) is 29.3 Å². The van der Waals surface area contributed by atoms with Gasteiger partial charge in [0.25, 0.3) is 0 Å². The Hall–Kier alpha value is -0.570. The van der Waals surface area contributed by atoms with Gasteiger partial charge in [-0.2, -0.15) is 0 Å². The van der Waals surface area contributed by atoms with Crippen molar-refractivity contribution in [2.75, 3.05) is 27.7 Å². The molecular formula is C18H32NO2+. The van der Waals surface area contributed by atoms with Crippen molar-refractivity contribution in [3.63, 3.8) is 0 Å². The lowest BCUT2D eigenvalue weighted by Gasteiger charge is -2.60. The molecule has 3 nitrogen and oxygen atoms in total. The molecule has 4 aliphatic carbocycles. The van der Waals surface area contributed by atoms with E-state index in [1.807, 2.05) is 0 Å². The van der Waals surface area contributed by atoms with Crippen LogP contribution in [-0.4, -0.2) is 43.7 Å². The zero-order valence-corrected chi connectivity index (χ0v) is 14.2. The minimum absolute atomic E-state index is 0.0623. The van der Waals surface area contributed by atoms with Crippen molar-refractivity contribution in [1.82, 2.24) is 0 Å². The Labute approximate surface area is 129 Å². The average molecular weight is 294 g/mol. The lowest BCUT2D eigenvalue weighted by molar-refractivity contribution is -0.870. The van der Waals surface area contributed by atoms with Gasteiger partial charge in [-0.15, -0.1) is 0 Å². The van der Waals surface area contributed by atoms with Gasteiger partial charge in [0, 0.05) is 13.3 Å². The Morgan fingerprint density at radius 2 is 1.57 bits per heavy atom. The Balaban J connectivity index is 1.75. The summed E-state index contributed by atoms with van der Waals surface area (Å²) in [4.78, 5) is 11.8. The molecule has 0 aromatic carbocycles. The number of ether oxygens (including phenoxy) is 1. The van der Waals surface area contributed by atoms with Crippen molar-refractivity contribution in [3.8, 4) is 0 Å². The lowest BCUT2D eigenvalue weighted by Crippen LogP contribution is -2.59. The molecular weight excluding hydrogens is 262 g/mol. The Kier molecular flexibility index (Phi) is 3.84. The molecule has 0 amide bonds. The summed E-state index contributed by atoms with van der Waals surface area (Å²) in [5.41, 5.74) is -0.117. The number of hydrogen-bond acceptors (Lipinski definition) is 2. The predicted octanol–water partition coefficient (Wildman–Crippen LogP) is 3.23. The minimum Gasteiger partial charge on any atom is -0.459 e. The highest BCUT2D eigenvalue weighted by Gasteiger charge is 2.58. The SMILES string of the molecule is CC(=O)OC1(CCC[N+](C)(C)C)C2CC3CC(C2)CC1C3. The van der Waals surface area contributed by atoms with Crippen molar-refractivity contribution in [2.24, 2.45) is 23.7 Å². The molecule has 0 spiro atoms. The summed E-state index contributed by atoms with van der Waals surface area (Å²) in [5.74, 6) is 3.08. The van der Waals surface area contributed by atoms with E-state index in [4.69, 9.17) is 4.74 Å². The average Bonchev–Trinajstić information content (AvgIpc) is 2.32. The molecule has 4 saturated carbocycles. The highest BCUT2D eigenvalue weighted by Crippen LogP contribution is 2.61. The Morgan fingerprint density at radius 1 is 1.05 bits per heavy atom. The van der Waals surface area contributed by atoms with Crippen LogP contribution < -0.4 is 0 Å². The number of quaternary nitrogens is 1. The fourth-order valence-electron chi connectivity index (χ4n) is 5.71. The molecule has 0 atom stereocenters. The normalized spacial score (nSPS) is 41.3. The Morgan fingerprint density at radius 3 is 2.00 bits per heavy atom. The van der Waals surface area contributed by atoms with Crippen LogP contribution in [0.5, 0.6) is 0 Å². The van der Waals surface area contributed by atoms with E-state index in [9.17, 15) is 4.79 Å². The maximum absolute atomic E-state index is 11.8. The first-order valence-corrected chi connectivity index (χ1v) is 8.78. The van der Waals surface area contributed by atoms with Gasteiger partial charge in [0.2, 0.25) is 0 Å². The molecule has 4 rings (SSSR count). The van der Waals surface area contributed by atoms with Crippen LogP contribution in [-0.2, 0) is 9.53 Å². The van der Waals surface area contributed by atoms with E-state index < -0.39 is 0 Å². The van der Waals surface area contributed by atoms with Crippen LogP contribution in [0.4, 0.5) is 0 Å². The van der Waals surface area contributed by atoms with Crippen LogP contribution >= 0.6 is 0 Å². The summed E-state index contributed by atoms with van der Waals surface area (Å²) in [7, 11) is 6.74. The molecule has 21 heavy (non-hydrogen) atoms. The first kappa shape index (κ1) is 15.3. The van der Waals surface area contributed by atoms with Gasteiger partial charge in [-0.1, -0.05) is 0 Å². The number of rotatable bonds is 5. The molecule has 4 bridgehead atoms. The van der Waals surface area contributed by atoms with Gasteiger partial charge in [0.05, 0.1) is 27.7 Å². The molecule has 0 aliphatic heterocycles. The molecule has 0 radical (unpaired) electrons. The van der Waals surface area contributed by atoms with Crippen LogP contribution in [0.2, 0.25) is 0 Å². The van der Waals surface area contributed by atoms with Crippen molar-refractivity contribution in [1.29, 1.82) is 0 Å². The van der Waals surface area contributed by atoms with Crippen molar-refractivity contribution < 1.29 is 14.0 Å². The molecule has 0 saturated heterocycles. The summed E-state index contributed by atoms with van der Waals surface area (Å²) in [6.07, 6.45) is 8.93. The standard InChI is InChI=1S/C18H32NO2/c1-13(20)21-18(6-5-7-19(2,3)4)16-9-14-8-15(11-16)12-17(18)10-14/h14-17H,5-12H2,1-4H3/q+1. The predicted molar refractivity (Wildman–Crippen MR) is 83.7 cm³/mol. The van der Waals surface area contributed by atoms with E-state index in [1.165, 1.54) is 38.5 Å². The number of carbonyl (C=O) groups excluding carboxylic acids is 1. The van der Waals surface area contributed by atoms with E-state index in [0.29, 0.717) is 11.8 Å². The van der Waals surface area contributed by atoms with Gasteiger partial charge in [-0.25, -0.2) is 0 Å². The quantitative estimate of drug-likeness (QED) is 0.575. The van der Waals surface area contributed by atoms with Gasteiger partial charge in [0.1, 0.15) is 5.60 Å². The van der Waals surface area contributed by atoms with Crippen molar-refractivity contribution in [2.45, 2.75) is 57.5 Å². The van der Waals surface area contributed by atoms with Crippen LogP contribution in [0.15, 0.2) is 0 Å². The smallest absolute Gasteiger partial charge is 0.303 e. The van der Waals surface area contributed by atoms with Crippen molar-refractivity contribution >= 4 is 5.97 Å². The topological polar surface area (TPSA) is 26.3 Å². The highest BCUT2D eigenvalue weighted by atomic mass is 16.6. The molecule has 0 unspecified atom stereocenters. The van der Waals surface area contributed by atoms with Gasteiger partial charge < -0.3 is 9.22 Å². The highest BCUT2D eigenvalue weighted by molar-refractivity contribution is 5.66. The summed E-state index contributed by atoms with van der Waals surface area (Å²) in [6.45, 7) is 2.77. The molecule has 4 fully saturated rings. The third kappa shape index (κ3) is 2.99. The van der Waals surface area contributed by atoms with E-state index in [2.05, 4.69) is 21.1 Å².